The highest BCUT2D eigenvalue weighted by Crippen LogP contribution is 2.32. The smallest absolute Gasteiger partial charge is 0.307 e. The van der Waals surface area contributed by atoms with Crippen LogP contribution in [0, 0.1) is 23.5 Å². The fraction of sp³-hybridized carbons (Fsp3) is 0.429. The Labute approximate surface area is 114 Å². The Balaban J connectivity index is 1.96. The van der Waals surface area contributed by atoms with E-state index >= 15 is 0 Å². The zero-order chi connectivity index (χ0) is 14.7. The molecule has 2 N–H and O–H groups in total. The zero-order valence-corrected chi connectivity index (χ0v) is 10.7. The minimum atomic E-state index is -0.976. The van der Waals surface area contributed by atoms with Crippen molar-refractivity contribution in [2.24, 2.45) is 11.8 Å². The molecule has 20 heavy (non-hydrogen) atoms. The SMILES string of the molecule is O=C(O)C1CCCC1C(=O)NCc1ccc(F)cc1F. The van der Waals surface area contributed by atoms with Crippen LogP contribution in [0.2, 0.25) is 0 Å². The van der Waals surface area contributed by atoms with Crippen LogP contribution in [0.5, 0.6) is 0 Å². The lowest BCUT2D eigenvalue weighted by molar-refractivity contribution is -0.146. The van der Waals surface area contributed by atoms with Crippen LogP contribution >= 0.6 is 0 Å². The van der Waals surface area contributed by atoms with Crippen molar-refractivity contribution in [1.29, 1.82) is 0 Å². The van der Waals surface area contributed by atoms with E-state index in [1.165, 1.54) is 6.07 Å². The number of nitrogens with one attached hydrogen (secondary N) is 1. The van der Waals surface area contributed by atoms with Gasteiger partial charge in [-0.1, -0.05) is 12.5 Å². The van der Waals surface area contributed by atoms with Gasteiger partial charge in [0.2, 0.25) is 5.91 Å². The molecule has 0 heterocycles. The summed E-state index contributed by atoms with van der Waals surface area (Å²) in [5.74, 6) is -4.02. The average molecular weight is 283 g/mol. The Bertz CT molecular complexity index is 533. The van der Waals surface area contributed by atoms with Crippen LogP contribution in [0.4, 0.5) is 8.78 Å². The average Bonchev–Trinajstić information content (AvgIpc) is 2.86. The third kappa shape index (κ3) is 3.12. The van der Waals surface area contributed by atoms with Crippen molar-refractivity contribution < 1.29 is 23.5 Å². The number of amides is 1. The van der Waals surface area contributed by atoms with Gasteiger partial charge in [0.1, 0.15) is 11.6 Å². The number of aliphatic carboxylic acids is 1. The largest absolute Gasteiger partial charge is 0.481 e. The number of halogens is 2. The number of carbonyl (C=O) groups excluding carboxylic acids is 1. The highest BCUT2D eigenvalue weighted by molar-refractivity contribution is 5.85. The molecule has 0 bridgehead atoms. The van der Waals surface area contributed by atoms with Crippen molar-refractivity contribution in [1.82, 2.24) is 5.32 Å². The van der Waals surface area contributed by atoms with Crippen LogP contribution in [0.3, 0.4) is 0 Å². The Morgan fingerprint density at radius 1 is 1.25 bits per heavy atom. The van der Waals surface area contributed by atoms with Gasteiger partial charge in [0.25, 0.3) is 0 Å². The second kappa shape index (κ2) is 5.98. The van der Waals surface area contributed by atoms with Crippen LogP contribution in [-0.4, -0.2) is 17.0 Å². The van der Waals surface area contributed by atoms with Gasteiger partial charge in [-0.3, -0.25) is 9.59 Å². The second-order valence-corrected chi connectivity index (χ2v) is 4.94. The van der Waals surface area contributed by atoms with Gasteiger partial charge in [0, 0.05) is 18.2 Å². The maximum Gasteiger partial charge on any atom is 0.307 e. The van der Waals surface area contributed by atoms with E-state index in [-0.39, 0.29) is 12.1 Å². The number of carboxylic acid groups (broad SMARTS) is 1. The van der Waals surface area contributed by atoms with Gasteiger partial charge >= 0.3 is 5.97 Å². The zero-order valence-electron chi connectivity index (χ0n) is 10.7. The molecule has 2 unspecified atom stereocenters. The highest BCUT2D eigenvalue weighted by Gasteiger charge is 2.37. The first-order valence-corrected chi connectivity index (χ1v) is 6.43. The number of hydrogen-bond donors (Lipinski definition) is 2. The molecule has 2 rings (SSSR count). The molecular formula is C14H15F2NO3. The van der Waals surface area contributed by atoms with Gasteiger partial charge in [-0.15, -0.1) is 0 Å². The monoisotopic (exact) mass is 283 g/mol. The minimum Gasteiger partial charge on any atom is -0.481 e. The third-order valence-electron chi connectivity index (χ3n) is 3.64. The van der Waals surface area contributed by atoms with Crippen molar-refractivity contribution in [3.63, 3.8) is 0 Å². The lowest BCUT2D eigenvalue weighted by Crippen LogP contribution is -2.35. The molecule has 0 saturated heterocycles. The Morgan fingerprint density at radius 3 is 2.60 bits per heavy atom. The summed E-state index contributed by atoms with van der Waals surface area (Å²) in [6.45, 7) is -0.0756. The molecule has 1 aliphatic carbocycles. The fourth-order valence-electron chi connectivity index (χ4n) is 2.55. The molecule has 1 fully saturated rings. The molecule has 108 valence electrons. The van der Waals surface area contributed by atoms with Gasteiger partial charge in [0.05, 0.1) is 11.8 Å². The molecule has 1 aliphatic rings. The maximum atomic E-state index is 13.4. The molecular weight excluding hydrogens is 268 g/mol. The van der Waals surface area contributed by atoms with E-state index in [1.807, 2.05) is 0 Å². The van der Waals surface area contributed by atoms with Gasteiger partial charge in [-0.25, -0.2) is 8.78 Å². The number of carboxylic acids is 1. The number of carbonyl (C=O) groups is 2. The minimum absolute atomic E-state index is 0.0756. The summed E-state index contributed by atoms with van der Waals surface area (Å²) in [5, 5.41) is 11.5. The van der Waals surface area contributed by atoms with Gasteiger partial charge in [-0.05, 0) is 18.9 Å². The summed E-state index contributed by atoms with van der Waals surface area (Å²) in [7, 11) is 0. The van der Waals surface area contributed by atoms with Crippen molar-refractivity contribution in [2.75, 3.05) is 0 Å². The van der Waals surface area contributed by atoms with Gasteiger partial charge in [0.15, 0.2) is 0 Å². The summed E-state index contributed by atoms with van der Waals surface area (Å²) >= 11 is 0. The quantitative estimate of drug-likeness (QED) is 0.889. The van der Waals surface area contributed by atoms with Crippen molar-refractivity contribution in [2.45, 2.75) is 25.8 Å². The summed E-state index contributed by atoms with van der Waals surface area (Å²) < 4.78 is 26.1. The first-order chi connectivity index (χ1) is 9.49. The van der Waals surface area contributed by atoms with Crippen LogP contribution < -0.4 is 5.32 Å². The number of rotatable bonds is 4. The van der Waals surface area contributed by atoms with E-state index in [2.05, 4.69) is 5.32 Å². The molecule has 6 heteroatoms. The second-order valence-electron chi connectivity index (χ2n) is 4.94. The standard InChI is InChI=1S/C14H15F2NO3/c15-9-5-4-8(12(16)6-9)7-17-13(18)10-2-1-3-11(10)14(19)20/h4-6,10-11H,1-3,7H2,(H,17,18)(H,19,20). The third-order valence-corrected chi connectivity index (χ3v) is 3.64. The first kappa shape index (κ1) is 14.4. The lowest BCUT2D eigenvalue weighted by atomic mass is 9.95. The van der Waals surface area contributed by atoms with Crippen molar-refractivity contribution in [3.8, 4) is 0 Å². The van der Waals surface area contributed by atoms with Gasteiger partial charge in [-0.2, -0.15) is 0 Å². The van der Waals surface area contributed by atoms with Gasteiger partial charge < -0.3 is 10.4 Å². The van der Waals surface area contributed by atoms with E-state index in [0.717, 1.165) is 12.1 Å². The highest BCUT2D eigenvalue weighted by atomic mass is 19.1. The molecule has 0 spiro atoms. The molecule has 0 aromatic heterocycles. The molecule has 0 radical (unpaired) electrons. The van der Waals surface area contributed by atoms with Crippen molar-refractivity contribution >= 4 is 11.9 Å². The normalized spacial score (nSPS) is 21.7. The van der Waals surface area contributed by atoms with E-state index in [0.29, 0.717) is 19.3 Å². The summed E-state index contributed by atoms with van der Waals surface area (Å²) in [4.78, 5) is 22.9. The van der Waals surface area contributed by atoms with Crippen molar-refractivity contribution in [3.05, 3.63) is 35.4 Å². The summed E-state index contributed by atoms with van der Waals surface area (Å²) in [5.41, 5.74) is 0.171. The van der Waals surface area contributed by atoms with Crippen LogP contribution in [0.15, 0.2) is 18.2 Å². The van der Waals surface area contributed by atoms with Crippen LogP contribution in [0.1, 0.15) is 24.8 Å². The molecule has 1 aromatic carbocycles. The van der Waals surface area contributed by atoms with E-state index in [4.69, 9.17) is 5.11 Å². The predicted octanol–water partition coefficient (Wildman–Crippen LogP) is 2.08. The molecule has 1 amide bonds. The Hall–Kier alpha value is -1.98. The Kier molecular flexibility index (Phi) is 4.32. The molecule has 1 aromatic rings. The van der Waals surface area contributed by atoms with E-state index in [9.17, 15) is 18.4 Å². The molecule has 2 atom stereocenters. The maximum absolute atomic E-state index is 13.4. The number of benzene rings is 1. The first-order valence-electron chi connectivity index (χ1n) is 6.43. The Morgan fingerprint density at radius 2 is 1.95 bits per heavy atom. The molecule has 4 nitrogen and oxygen atoms in total. The topological polar surface area (TPSA) is 66.4 Å². The summed E-state index contributed by atoms with van der Waals surface area (Å²) in [6, 6.07) is 3.12. The number of hydrogen-bond acceptors (Lipinski definition) is 2. The van der Waals surface area contributed by atoms with Crippen LogP contribution in [0.25, 0.3) is 0 Å². The van der Waals surface area contributed by atoms with E-state index in [1.54, 1.807) is 0 Å². The predicted molar refractivity (Wildman–Crippen MR) is 66.7 cm³/mol. The summed E-state index contributed by atoms with van der Waals surface area (Å²) in [6.07, 6.45) is 1.70. The van der Waals surface area contributed by atoms with E-state index < -0.39 is 35.3 Å². The lowest BCUT2D eigenvalue weighted by Gasteiger charge is -2.15. The van der Waals surface area contributed by atoms with Crippen LogP contribution in [-0.2, 0) is 16.1 Å². The molecule has 1 saturated carbocycles. The fourth-order valence-corrected chi connectivity index (χ4v) is 2.55. The molecule has 0 aliphatic heterocycles.